The Morgan fingerprint density at radius 1 is 0.379 bits per heavy atom. The van der Waals surface area contributed by atoms with Crippen LogP contribution in [0, 0.1) is 27.7 Å². The number of para-hydroxylation sites is 2. The molecule has 3 heteroatoms. The van der Waals surface area contributed by atoms with E-state index in [2.05, 4.69) is 318 Å². The highest BCUT2D eigenvalue weighted by molar-refractivity contribution is 6.13. The molecule has 3 aliphatic carbocycles. The van der Waals surface area contributed by atoms with Gasteiger partial charge in [0.05, 0.1) is 22.4 Å². The van der Waals surface area contributed by atoms with Gasteiger partial charge in [0.25, 0.3) is 0 Å². The molecule has 0 aliphatic heterocycles. The highest BCUT2D eigenvalue weighted by atomic mass is 15.2. The number of aromatic nitrogens is 1. The maximum atomic E-state index is 2.55. The SMILES string of the molecule is C/C1=C\C(N(c2cccc(-c3ccc4c(c3)C(C)(C)c3cc5c(cc3-4)c3cc(-c4cccc(N(c6ccc7c(c6)CC7)c6c(C)cccc6C)c4)ccc3n5-c3cc(-c4ccccc4)cc(-c4ccccc4)c3)c2)c2c(C)cccc2C)=C/C=CCC1. The number of nitrogens with zero attached hydrogens (tertiary/aromatic N) is 3. The minimum absolute atomic E-state index is 0.301. The lowest BCUT2D eigenvalue weighted by Gasteiger charge is -2.31. The maximum absolute atomic E-state index is 2.55. The Morgan fingerprint density at radius 2 is 0.920 bits per heavy atom. The number of rotatable bonds is 11. The van der Waals surface area contributed by atoms with Gasteiger partial charge in [-0.3, -0.25) is 0 Å². The molecule has 0 radical (unpaired) electrons. The predicted molar refractivity (Wildman–Crippen MR) is 370 cm³/mol. The molecule has 3 aliphatic rings. The normalized spacial score (nSPS) is 15.1. The van der Waals surface area contributed by atoms with E-state index in [0.29, 0.717) is 0 Å². The monoisotopic (exact) mass is 1120 g/mol. The van der Waals surface area contributed by atoms with Crippen molar-refractivity contribution in [2.24, 2.45) is 0 Å². The molecule has 0 bridgehead atoms. The van der Waals surface area contributed by atoms with Gasteiger partial charge in [-0.1, -0.05) is 177 Å². The van der Waals surface area contributed by atoms with Gasteiger partial charge in [-0.05, 0) is 258 Å². The molecule has 0 saturated carbocycles. The van der Waals surface area contributed by atoms with Crippen molar-refractivity contribution in [1.82, 2.24) is 4.57 Å². The summed E-state index contributed by atoms with van der Waals surface area (Å²) in [5.41, 5.74) is 34.5. The number of anilines is 5. The predicted octanol–water partition coefficient (Wildman–Crippen LogP) is 22.9. The number of benzene rings is 11. The van der Waals surface area contributed by atoms with Crippen LogP contribution in [-0.4, -0.2) is 4.57 Å². The van der Waals surface area contributed by atoms with Gasteiger partial charge < -0.3 is 14.4 Å². The number of fused-ring (bicyclic) bond motifs is 7. The summed E-state index contributed by atoms with van der Waals surface area (Å²) in [6.45, 7) is 16.1. The van der Waals surface area contributed by atoms with E-state index in [1.54, 1.807) is 0 Å². The van der Waals surface area contributed by atoms with Gasteiger partial charge in [0, 0.05) is 44.6 Å². The van der Waals surface area contributed by atoms with Crippen molar-refractivity contribution in [2.45, 2.75) is 79.6 Å². The van der Waals surface area contributed by atoms with Crippen LogP contribution in [-0.2, 0) is 18.3 Å². The lowest BCUT2D eigenvalue weighted by atomic mass is 9.81. The summed E-state index contributed by atoms with van der Waals surface area (Å²) >= 11 is 0. The summed E-state index contributed by atoms with van der Waals surface area (Å²) in [5.74, 6) is 0. The molecular formula is C84H71N3. The van der Waals surface area contributed by atoms with Crippen LogP contribution in [0.2, 0.25) is 0 Å². The fourth-order valence-electron chi connectivity index (χ4n) is 14.4. The molecule has 422 valence electrons. The van der Waals surface area contributed by atoms with Crippen molar-refractivity contribution in [2.75, 3.05) is 9.80 Å². The summed E-state index contributed by atoms with van der Waals surface area (Å²) in [6.07, 6.45) is 13.6. The molecular weight excluding hydrogens is 1050 g/mol. The van der Waals surface area contributed by atoms with Crippen LogP contribution < -0.4 is 9.80 Å². The molecule has 87 heavy (non-hydrogen) atoms. The fraction of sp³-hybridized carbons (Fsp3) is 0.143. The van der Waals surface area contributed by atoms with Crippen LogP contribution in [0.25, 0.3) is 83.1 Å². The summed E-state index contributed by atoms with van der Waals surface area (Å²) < 4.78 is 2.55. The van der Waals surface area contributed by atoms with Gasteiger partial charge in [-0.15, -0.1) is 0 Å². The molecule has 1 heterocycles. The zero-order chi connectivity index (χ0) is 59.1. The maximum Gasteiger partial charge on any atom is 0.0544 e. The Kier molecular flexibility index (Phi) is 13.3. The second-order valence-corrected chi connectivity index (χ2v) is 25.1. The van der Waals surface area contributed by atoms with Gasteiger partial charge in [-0.2, -0.15) is 0 Å². The molecule has 15 rings (SSSR count). The Balaban J connectivity index is 0.903. The number of hydrogen-bond acceptors (Lipinski definition) is 2. The first-order valence-corrected chi connectivity index (χ1v) is 31.1. The smallest absolute Gasteiger partial charge is 0.0544 e. The third-order valence-corrected chi connectivity index (χ3v) is 19.0. The van der Waals surface area contributed by atoms with Crippen LogP contribution >= 0.6 is 0 Å². The zero-order valence-electron chi connectivity index (χ0n) is 50.9. The van der Waals surface area contributed by atoms with Crippen molar-refractivity contribution >= 4 is 50.2 Å². The van der Waals surface area contributed by atoms with E-state index in [1.165, 1.54) is 150 Å². The van der Waals surface area contributed by atoms with E-state index < -0.39 is 0 Å². The van der Waals surface area contributed by atoms with Crippen LogP contribution in [0.15, 0.2) is 266 Å². The van der Waals surface area contributed by atoms with Crippen molar-refractivity contribution in [3.63, 3.8) is 0 Å². The van der Waals surface area contributed by atoms with E-state index in [9.17, 15) is 0 Å². The Bertz CT molecular complexity index is 4730. The Morgan fingerprint density at radius 3 is 1.55 bits per heavy atom. The number of hydrogen-bond donors (Lipinski definition) is 0. The first-order chi connectivity index (χ1) is 42.4. The lowest BCUT2D eigenvalue weighted by molar-refractivity contribution is 0.661. The summed E-state index contributed by atoms with van der Waals surface area (Å²) in [4.78, 5) is 4.96. The minimum Gasteiger partial charge on any atom is -0.310 e. The number of aryl methyl sites for hydroxylation is 6. The van der Waals surface area contributed by atoms with E-state index >= 15 is 0 Å². The van der Waals surface area contributed by atoms with Crippen molar-refractivity contribution in [3.8, 4) is 61.3 Å². The minimum atomic E-state index is -0.301. The fourth-order valence-corrected chi connectivity index (χ4v) is 14.4. The van der Waals surface area contributed by atoms with Gasteiger partial charge >= 0.3 is 0 Å². The Hall–Kier alpha value is -9.96. The molecule has 0 atom stereocenters. The van der Waals surface area contributed by atoms with E-state index in [0.717, 1.165) is 42.7 Å². The molecule has 3 nitrogen and oxygen atoms in total. The van der Waals surface area contributed by atoms with E-state index in [-0.39, 0.29) is 5.41 Å². The Labute approximate surface area is 513 Å². The molecule has 11 aromatic carbocycles. The second kappa shape index (κ2) is 21.5. The molecule has 0 N–H and O–H groups in total. The average molecular weight is 1120 g/mol. The molecule has 0 saturated heterocycles. The van der Waals surface area contributed by atoms with Gasteiger partial charge in [0.1, 0.15) is 0 Å². The summed E-state index contributed by atoms with van der Waals surface area (Å²) in [5, 5.41) is 2.46. The van der Waals surface area contributed by atoms with Gasteiger partial charge in [0.15, 0.2) is 0 Å². The first kappa shape index (κ1) is 53.7. The van der Waals surface area contributed by atoms with Gasteiger partial charge in [0.2, 0.25) is 0 Å². The van der Waals surface area contributed by atoms with E-state index in [4.69, 9.17) is 0 Å². The molecule has 12 aromatic rings. The van der Waals surface area contributed by atoms with Crippen LogP contribution in [0.5, 0.6) is 0 Å². The highest BCUT2D eigenvalue weighted by Crippen LogP contribution is 2.53. The average Bonchev–Trinajstić information content (AvgIpc) is 1.59. The third-order valence-electron chi connectivity index (χ3n) is 19.0. The third kappa shape index (κ3) is 9.45. The van der Waals surface area contributed by atoms with Crippen molar-refractivity contribution in [3.05, 3.63) is 311 Å². The quantitative estimate of drug-likeness (QED) is 0.128. The lowest BCUT2D eigenvalue weighted by Crippen LogP contribution is -2.18. The van der Waals surface area contributed by atoms with Crippen LogP contribution in [0.1, 0.15) is 78.1 Å². The van der Waals surface area contributed by atoms with Crippen molar-refractivity contribution < 1.29 is 0 Å². The molecule has 1 aromatic heterocycles. The zero-order valence-corrected chi connectivity index (χ0v) is 50.9. The van der Waals surface area contributed by atoms with Crippen molar-refractivity contribution in [1.29, 1.82) is 0 Å². The topological polar surface area (TPSA) is 11.4 Å². The van der Waals surface area contributed by atoms with Gasteiger partial charge in [-0.25, -0.2) is 0 Å². The molecule has 0 fully saturated rings. The second-order valence-electron chi connectivity index (χ2n) is 25.1. The number of allylic oxidation sites excluding steroid dienone is 5. The molecule has 0 spiro atoms. The standard InChI is InChI=1S/C84H71N3/c1-54-21-11-8-16-32-69(43-54)85(82-55(2)22-17-23-56(82)3)70-33-20-31-63(46-70)66-38-41-74-75-52-77-76-50-65(62-30-19-34-71(45-62)86(83-57(4)24-18-25-58(83)5)72-40-37-61-35-36-64(61)47-72)39-42-80(76)87(81(77)53-79(75)84(6,7)78(74)51-66)73-48-67(59-26-12-9-13-27-59)44-68(49-73)60-28-14-10-15-29-60/h8-10,12-20,22-34,37-53H,11,21,35-36H2,1-7H3/b16-8?,54-43+,69-32+. The first-order valence-electron chi connectivity index (χ1n) is 31.1. The molecule has 0 amide bonds. The summed E-state index contributed by atoms with van der Waals surface area (Å²) in [6, 6.07) is 87.1. The molecule has 0 unspecified atom stereocenters. The van der Waals surface area contributed by atoms with Crippen LogP contribution in [0.3, 0.4) is 0 Å². The summed E-state index contributed by atoms with van der Waals surface area (Å²) in [7, 11) is 0. The van der Waals surface area contributed by atoms with Crippen LogP contribution in [0.4, 0.5) is 28.4 Å². The highest BCUT2D eigenvalue weighted by Gasteiger charge is 2.37. The largest absolute Gasteiger partial charge is 0.310 e. The van der Waals surface area contributed by atoms with E-state index in [1.807, 2.05) is 0 Å².